The molecule has 2 fully saturated rings. The molecule has 1 saturated carbocycles. The molecule has 0 N–H and O–H groups in total. The normalized spacial score (nSPS) is 45.2. The van der Waals surface area contributed by atoms with Gasteiger partial charge >= 0.3 is 0 Å². The summed E-state index contributed by atoms with van der Waals surface area (Å²) < 4.78 is 13.5. The Kier molecular flexibility index (Phi) is 2.78. The van der Waals surface area contributed by atoms with Crippen LogP contribution in [0.3, 0.4) is 0 Å². The van der Waals surface area contributed by atoms with Crippen molar-refractivity contribution >= 4 is 18.4 Å². The van der Waals surface area contributed by atoms with E-state index in [9.17, 15) is 0 Å². The van der Waals surface area contributed by atoms with Crippen LogP contribution < -0.4 is 0 Å². The highest BCUT2D eigenvalue weighted by Gasteiger charge is 2.40. The van der Waals surface area contributed by atoms with Gasteiger partial charge in [-0.15, -0.1) is 0 Å². The quantitative estimate of drug-likeness (QED) is 0.631. The zero-order valence-corrected chi connectivity index (χ0v) is 9.81. The SMILES string of the molecule is CN(C)[P@]1(=S)OC[C@H]2CCC[C@@H]2O1. The number of hydrogen-bond donors (Lipinski definition) is 0. The molecule has 0 aromatic carbocycles. The second-order valence-corrected chi connectivity index (χ2v) is 7.54. The average molecular weight is 221 g/mol. The minimum Gasteiger partial charge on any atom is -0.317 e. The average Bonchev–Trinajstić information content (AvgIpc) is 2.50. The zero-order chi connectivity index (χ0) is 9.47. The van der Waals surface area contributed by atoms with Gasteiger partial charge in [-0.05, 0) is 38.7 Å². The summed E-state index contributed by atoms with van der Waals surface area (Å²) in [6.07, 6.45) is 4.05. The lowest BCUT2D eigenvalue weighted by Crippen LogP contribution is -2.30. The Morgan fingerprint density at radius 2 is 2.15 bits per heavy atom. The molecular weight excluding hydrogens is 205 g/mol. The molecule has 0 amide bonds. The van der Waals surface area contributed by atoms with Crippen molar-refractivity contribution in [2.45, 2.75) is 25.4 Å². The highest BCUT2D eigenvalue weighted by Crippen LogP contribution is 2.57. The molecule has 0 unspecified atom stereocenters. The molecule has 1 heterocycles. The Morgan fingerprint density at radius 3 is 2.85 bits per heavy atom. The fourth-order valence-electron chi connectivity index (χ4n) is 1.93. The van der Waals surface area contributed by atoms with Crippen LogP contribution in [0.25, 0.3) is 0 Å². The van der Waals surface area contributed by atoms with E-state index in [4.69, 9.17) is 20.9 Å². The van der Waals surface area contributed by atoms with E-state index < -0.39 is 6.64 Å². The predicted molar refractivity (Wildman–Crippen MR) is 56.1 cm³/mol. The first-order valence-corrected chi connectivity index (χ1v) is 7.32. The predicted octanol–water partition coefficient (Wildman–Crippen LogP) is 1.99. The van der Waals surface area contributed by atoms with Gasteiger partial charge in [-0.2, -0.15) is 0 Å². The van der Waals surface area contributed by atoms with Crippen LogP contribution in [0.15, 0.2) is 0 Å². The monoisotopic (exact) mass is 221 g/mol. The Balaban J connectivity index is 2.08. The van der Waals surface area contributed by atoms with E-state index in [0.717, 1.165) is 6.61 Å². The third-order valence-corrected chi connectivity index (χ3v) is 6.35. The van der Waals surface area contributed by atoms with Crippen LogP contribution in [-0.2, 0) is 20.9 Å². The number of fused-ring (bicyclic) bond motifs is 1. The molecule has 0 aromatic rings. The topological polar surface area (TPSA) is 21.7 Å². The Labute approximate surface area is 84.6 Å². The molecule has 0 bridgehead atoms. The smallest absolute Gasteiger partial charge is 0.263 e. The van der Waals surface area contributed by atoms with Gasteiger partial charge in [0.1, 0.15) is 0 Å². The summed E-state index contributed by atoms with van der Waals surface area (Å²) >= 11 is 5.39. The second-order valence-electron chi connectivity index (χ2n) is 3.95. The van der Waals surface area contributed by atoms with Crippen LogP contribution in [0, 0.1) is 5.92 Å². The van der Waals surface area contributed by atoms with Crippen molar-refractivity contribution in [3.05, 3.63) is 0 Å². The molecule has 2 aliphatic rings. The summed E-state index contributed by atoms with van der Waals surface area (Å²) in [7, 11) is 3.88. The van der Waals surface area contributed by atoms with Crippen LogP contribution >= 0.6 is 6.64 Å². The molecule has 0 aromatic heterocycles. The molecule has 3 nitrogen and oxygen atoms in total. The van der Waals surface area contributed by atoms with Gasteiger partial charge in [0.25, 0.3) is 6.64 Å². The summed E-state index contributed by atoms with van der Waals surface area (Å²) in [5.41, 5.74) is 0. The van der Waals surface area contributed by atoms with Crippen LogP contribution in [-0.4, -0.2) is 31.5 Å². The van der Waals surface area contributed by atoms with E-state index >= 15 is 0 Å². The van der Waals surface area contributed by atoms with Crippen molar-refractivity contribution in [2.24, 2.45) is 5.92 Å². The first-order chi connectivity index (χ1) is 6.12. The molecule has 1 saturated heterocycles. The summed E-state index contributed by atoms with van der Waals surface area (Å²) in [4.78, 5) is 0. The third kappa shape index (κ3) is 1.83. The summed E-state index contributed by atoms with van der Waals surface area (Å²) in [6, 6.07) is 0. The lowest BCUT2D eigenvalue weighted by Gasteiger charge is -2.37. The molecule has 1 aliphatic carbocycles. The van der Waals surface area contributed by atoms with E-state index in [0.29, 0.717) is 12.0 Å². The minimum atomic E-state index is -2.09. The molecule has 2 rings (SSSR count). The van der Waals surface area contributed by atoms with E-state index in [1.807, 2.05) is 18.8 Å². The van der Waals surface area contributed by atoms with Crippen LogP contribution in [0.4, 0.5) is 0 Å². The van der Waals surface area contributed by atoms with E-state index in [1.54, 1.807) is 0 Å². The third-order valence-electron chi connectivity index (χ3n) is 2.80. The maximum Gasteiger partial charge on any atom is 0.263 e. The zero-order valence-electron chi connectivity index (χ0n) is 8.10. The van der Waals surface area contributed by atoms with Crippen LogP contribution in [0.5, 0.6) is 0 Å². The summed E-state index contributed by atoms with van der Waals surface area (Å²) in [5.74, 6) is 0.607. The van der Waals surface area contributed by atoms with Crippen LogP contribution in [0.2, 0.25) is 0 Å². The molecule has 0 radical (unpaired) electrons. The van der Waals surface area contributed by atoms with Crippen molar-refractivity contribution in [2.75, 3.05) is 20.7 Å². The molecule has 76 valence electrons. The van der Waals surface area contributed by atoms with Crippen molar-refractivity contribution < 1.29 is 9.05 Å². The van der Waals surface area contributed by atoms with Gasteiger partial charge in [0.15, 0.2) is 0 Å². The largest absolute Gasteiger partial charge is 0.317 e. The van der Waals surface area contributed by atoms with Gasteiger partial charge in [0, 0.05) is 5.92 Å². The number of hydrogen-bond acceptors (Lipinski definition) is 3. The van der Waals surface area contributed by atoms with Gasteiger partial charge in [-0.25, -0.2) is 4.67 Å². The highest BCUT2D eigenvalue weighted by atomic mass is 32.5. The van der Waals surface area contributed by atoms with Crippen molar-refractivity contribution in [1.29, 1.82) is 0 Å². The molecular formula is C8H16NO2PS. The molecule has 5 heteroatoms. The molecule has 3 atom stereocenters. The maximum absolute atomic E-state index is 5.89. The first-order valence-electron chi connectivity index (χ1n) is 4.72. The van der Waals surface area contributed by atoms with Gasteiger partial charge < -0.3 is 9.05 Å². The summed E-state index contributed by atoms with van der Waals surface area (Å²) in [5, 5.41) is 0. The van der Waals surface area contributed by atoms with Crippen molar-refractivity contribution in [3.8, 4) is 0 Å². The lowest BCUT2D eigenvalue weighted by atomic mass is 10.1. The van der Waals surface area contributed by atoms with E-state index in [-0.39, 0.29) is 0 Å². The van der Waals surface area contributed by atoms with Gasteiger partial charge in [-0.3, -0.25) is 0 Å². The van der Waals surface area contributed by atoms with E-state index in [2.05, 4.69) is 0 Å². The van der Waals surface area contributed by atoms with Crippen molar-refractivity contribution in [3.63, 3.8) is 0 Å². The first kappa shape index (κ1) is 10.1. The maximum atomic E-state index is 5.89. The molecule has 13 heavy (non-hydrogen) atoms. The fraction of sp³-hybridized carbons (Fsp3) is 1.00. The standard InChI is InChI=1S/C8H16NO2PS/c1-9(2)12(13)10-6-7-4-3-5-8(7)11-12/h7-8H,3-6H2,1-2H3/t7-,8+,12+/m1/s1. The van der Waals surface area contributed by atoms with Crippen molar-refractivity contribution in [1.82, 2.24) is 4.67 Å². The molecule has 0 spiro atoms. The Hall–Kier alpha value is 0.530. The Bertz CT molecular complexity index is 246. The summed E-state index contributed by atoms with van der Waals surface area (Å²) in [6.45, 7) is -1.28. The van der Waals surface area contributed by atoms with Crippen LogP contribution in [0.1, 0.15) is 19.3 Å². The number of rotatable bonds is 1. The van der Waals surface area contributed by atoms with Gasteiger partial charge in [0.05, 0.1) is 12.7 Å². The number of nitrogens with zero attached hydrogens (tertiary/aromatic N) is 1. The molecule has 1 aliphatic heterocycles. The lowest BCUT2D eigenvalue weighted by molar-refractivity contribution is 0.0516. The van der Waals surface area contributed by atoms with Gasteiger partial charge in [-0.1, -0.05) is 6.42 Å². The second kappa shape index (κ2) is 3.59. The fourth-order valence-corrected chi connectivity index (χ4v) is 3.93. The highest BCUT2D eigenvalue weighted by molar-refractivity contribution is 8.08. The van der Waals surface area contributed by atoms with Gasteiger partial charge in [0.2, 0.25) is 0 Å². The Morgan fingerprint density at radius 1 is 1.38 bits per heavy atom. The minimum absolute atomic E-state index is 0.377. The van der Waals surface area contributed by atoms with E-state index in [1.165, 1.54) is 19.3 Å².